The molecule has 0 aliphatic rings. The van der Waals surface area contributed by atoms with E-state index in [2.05, 4.69) is 43.3 Å². The van der Waals surface area contributed by atoms with Gasteiger partial charge in [-0.3, -0.25) is 4.79 Å². The molecule has 1 nitrogen and oxygen atoms in total. The molecule has 0 radical (unpaired) electrons. The van der Waals surface area contributed by atoms with Gasteiger partial charge in [0.15, 0.2) is 5.78 Å². The molecule has 0 aliphatic heterocycles. The molecule has 0 bridgehead atoms. The van der Waals surface area contributed by atoms with Gasteiger partial charge in [-0.25, -0.2) is 0 Å². The number of aryl methyl sites for hydroxylation is 2. The highest BCUT2D eigenvalue weighted by molar-refractivity contribution is 5.96. The predicted molar refractivity (Wildman–Crippen MR) is 99.6 cm³/mol. The van der Waals surface area contributed by atoms with Gasteiger partial charge in [0.1, 0.15) is 0 Å². The molecule has 0 aliphatic carbocycles. The lowest BCUT2D eigenvalue weighted by Crippen LogP contribution is -2.09. The molecule has 0 saturated heterocycles. The van der Waals surface area contributed by atoms with Crippen molar-refractivity contribution in [2.24, 2.45) is 0 Å². The van der Waals surface area contributed by atoms with Crippen LogP contribution in [-0.4, -0.2) is 5.78 Å². The molecule has 1 unspecified atom stereocenters. The molecule has 3 aromatic rings. The molecule has 0 saturated carbocycles. The molecular formula is C23H22O. The lowest BCUT2D eigenvalue weighted by atomic mass is 9.85. The molecule has 1 heteroatoms. The van der Waals surface area contributed by atoms with Gasteiger partial charge in [-0.1, -0.05) is 90.0 Å². The molecule has 3 aromatic carbocycles. The van der Waals surface area contributed by atoms with Gasteiger partial charge in [0.25, 0.3) is 0 Å². The second kappa shape index (κ2) is 7.27. The largest absolute Gasteiger partial charge is 0.294 e. The van der Waals surface area contributed by atoms with Crippen molar-refractivity contribution < 1.29 is 4.79 Å². The predicted octanol–water partition coefficient (Wildman–Crippen LogP) is 5.71. The van der Waals surface area contributed by atoms with Gasteiger partial charge in [-0.05, 0) is 25.0 Å². The van der Waals surface area contributed by atoms with Gasteiger partial charge in [0.2, 0.25) is 0 Å². The Labute approximate surface area is 144 Å². The van der Waals surface area contributed by atoms with Crippen LogP contribution in [0.3, 0.4) is 0 Å². The molecule has 1 atom stereocenters. The van der Waals surface area contributed by atoms with Gasteiger partial charge in [-0.2, -0.15) is 0 Å². The minimum absolute atomic E-state index is 0.0839. The zero-order chi connectivity index (χ0) is 16.9. The Morgan fingerprint density at radius 3 is 1.79 bits per heavy atom. The lowest BCUT2D eigenvalue weighted by Gasteiger charge is -2.18. The molecule has 24 heavy (non-hydrogen) atoms. The minimum atomic E-state index is 0.0839. The first-order chi connectivity index (χ1) is 11.6. The van der Waals surface area contributed by atoms with Crippen LogP contribution in [0.5, 0.6) is 0 Å². The smallest absolute Gasteiger partial charge is 0.163 e. The number of carbonyl (C=O) groups is 1. The summed E-state index contributed by atoms with van der Waals surface area (Å²) >= 11 is 0. The monoisotopic (exact) mass is 314 g/mol. The molecule has 0 aromatic heterocycles. The number of hydrogen-bond donors (Lipinski definition) is 0. The number of ketones is 1. The first kappa shape index (κ1) is 16.2. The van der Waals surface area contributed by atoms with Crippen molar-refractivity contribution in [1.29, 1.82) is 0 Å². The van der Waals surface area contributed by atoms with Crippen LogP contribution in [-0.2, 0) is 0 Å². The van der Waals surface area contributed by atoms with Gasteiger partial charge in [-0.15, -0.1) is 0 Å². The zero-order valence-corrected chi connectivity index (χ0v) is 14.2. The summed E-state index contributed by atoms with van der Waals surface area (Å²) in [5.74, 6) is 0.269. The zero-order valence-electron chi connectivity index (χ0n) is 14.2. The third-order valence-electron chi connectivity index (χ3n) is 4.44. The van der Waals surface area contributed by atoms with E-state index in [-0.39, 0.29) is 11.7 Å². The summed E-state index contributed by atoms with van der Waals surface area (Å²) in [6.45, 7) is 4.12. The summed E-state index contributed by atoms with van der Waals surface area (Å²) in [6, 6.07) is 26.6. The highest BCUT2D eigenvalue weighted by atomic mass is 16.1. The number of benzene rings is 3. The third-order valence-corrected chi connectivity index (χ3v) is 4.44. The summed E-state index contributed by atoms with van der Waals surface area (Å²) in [7, 11) is 0. The van der Waals surface area contributed by atoms with Crippen LogP contribution in [0.1, 0.15) is 45.0 Å². The minimum Gasteiger partial charge on any atom is -0.294 e. The Morgan fingerprint density at radius 2 is 1.21 bits per heavy atom. The van der Waals surface area contributed by atoms with Gasteiger partial charge in [0, 0.05) is 17.9 Å². The highest BCUT2D eigenvalue weighted by Crippen LogP contribution is 2.29. The Morgan fingerprint density at radius 1 is 0.708 bits per heavy atom. The van der Waals surface area contributed by atoms with Crippen molar-refractivity contribution in [2.45, 2.75) is 26.2 Å². The van der Waals surface area contributed by atoms with Gasteiger partial charge >= 0.3 is 0 Å². The molecule has 0 fully saturated rings. The summed E-state index contributed by atoms with van der Waals surface area (Å²) in [5, 5.41) is 0. The molecule has 0 spiro atoms. The van der Waals surface area contributed by atoms with E-state index in [1.165, 1.54) is 22.3 Å². The van der Waals surface area contributed by atoms with Crippen LogP contribution in [0.25, 0.3) is 0 Å². The number of hydrogen-bond acceptors (Lipinski definition) is 1. The Balaban J connectivity index is 1.91. The molecule has 0 N–H and O–H groups in total. The summed E-state index contributed by atoms with van der Waals surface area (Å²) in [6.07, 6.45) is 0.482. The Hall–Kier alpha value is -2.67. The first-order valence-corrected chi connectivity index (χ1v) is 8.35. The van der Waals surface area contributed by atoms with E-state index < -0.39 is 0 Å². The lowest BCUT2D eigenvalue weighted by molar-refractivity contribution is 0.0977. The second-order valence-electron chi connectivity index (χ2n) is 6.37. The highest BCUT2D eigenvalue weighted by Gasteiger charge is 2.19. The quantitative estimate of drug-likeness (QED) is 0.551. The van der Waals surface area contributed by atoms with Crippen molar-refractivity contribution in [1.82, 2.24) is 0 Å². The summed E-state index contributed by atoms with van der Waals surface area (Å²) < 4.78 is 0. The fourth-order valence-electron chi connectivity index (χ4n) is 2.95. The SMILES string of the molecule is Cc1ccc(C(=O)CC(c2ccccc2)c2ccc(C)cc2)cc1. The van der Waals surface area contributed by atoms with Crippen LogP contribution in [0.15, 0.2) is 78.9 Å². The molecule has 0 heterocycles. The van der Waals surface area contributed by atoms with Crippen LogP contribution in [0.2, 0.25) is 0 Å². The van der Waals surface area contributed by atoms with Crippen LogP contribution in [0.4, 0.5) is 0 Å². The van der Waals surface area contributed by atoms with Crippen LogP contribution < -0.4 is 0 Å². The van der Waals surface area contributed by atoms with E-state index in [0.717, 1.165) is 5.56 Å². The average Bonchev–Trinajstić information content (AvgIpc) is 2.62. The average molecular weight is 314 g/mol. The fourth-order valence-corrected chi connectivity index (χ4v) is 2.95. The second-order valence-corrected chi connectivity index (χ2v) is 6.37. The Kier molecular flexibility index (Phi) is 4.90. The van der Waals surface area contributed by atoms with Crippen molar-refractivity contribution in [3.63, 3.8) is 0 Å². The van der Waals surface area contributed by atoms with E-state index in [4.69, 9.17) is 0 Å². The van der Waals surface area contributed by atoms with Crippen molar-refractivity contribution >= 4 is 5.78 Å². The van der Waals surface area contributed by atoms with E-state index >= 15 is 0 Å². The first-order valence-electron chi connectivity index (χ1n) is 8.35. The van der Waals surface area contributed by atoms with Gasteiger partial charge in [0.05, 0.1) is 0 Å². The number of rotatable bonds is 5. The normalized spacial score (nSPS) is 11.9. The van der Waals surface area contributed by atoms with Crippen molar-refractivity contribution in [2.75, 3.05) is 0 Å². The molecule has 120 valence electrons. The standard InChI is InChI=1S/C23H22O/c1-17-8-12-20(13-9-17)22(19-6-4-3-5-7-19)16-23(24)21-14-10-18(2)11-15-21/h3-15,22H,16H2,1-2H3. The fraction of sp³-hybridized carbons (Fsp3) is 0.174. The van der Waals surface area contributed by atoms with Crippen molar-refractivity contribution in [3.05, 3.63) is 107 Å². The van der Waals surface area contributed by atoms with Crippen molar-refractivity contribution in [3.8, 4) is 0 Å². The maximum Gasteiger partial charge on any atom is 0.163 e. The maximum absolute atomic E-state index is 12.8. The van der Waals surface area contributed by atoms with Gasteiger partial charge < -0.3 is 0 Å². The topological polar surface area (TPSA) is 17.1 Å². The Bertz CT molecular complexity index is 799. The molecule has 0 amide bonds. The van der Waals surface area contributed by atoms with E-state index in [1.807, 2.05) is 49.4 Å². The number of Topliss-reactive ketones (excluding diaryl/α,β-unsaturated/α-hetero) is 1. The van der Waals surface area contributed by atoms with Crippen LogP contribution >= 0.6 is 0 Å². The molecule has 3 rings (SSSR count). The third kappa shape index (κ3) is 3.80. The summed E-state index contributed by atoms with van der Waals surface area (Å²) in [5.41, 5.74) is 5.56. The van der Waals surface area contributed by atoms with Crippen LogP contribution in [0, 0.1) is 13.8 Å². The van der Waals surface area contributed by atoms with E-state index in [1.54, 1.807) is 0 Å². The molecular weight excluding hydrogens is 292 g/mol. The van der Waals surface area contributed by atoms with E-state index in [9.17, 15) is 4.79 Å². The van der Waals surface area contributed by atoms with E-state index in [0.29, 0.717) is 6.42 Å². The number of carbonyl (C=O) groups excluding carboxylic acids is 1. The summed E-state index contributed by atoms with van der Waals surface area (Å²) in [4.78, 5) is 12.8. The maximum atomic E-state index is 12.8.